The summed E-state index contributed by atoms with van der Waals surface area (Å²) in [4.78, 5) is 13.6. The molecule has 0 saturated carbocycles. The van der Waals surface area contributed by atoms with Crippen molar-refractivity contribution >= 4 is 6.03 Å². The summed E-state index contributed by atoms with van der Waals surface area (Å²) >= 11 is 0. The topological polar surface area (TPSA) is 79.6 Å². The molecule has 2 atom stereocenters. The number of likely N-dealkylation sites (tertiary alicyclic amines) is 1. The van der Waals surface area contributed by atoms with Gasteiger partial charge in [0.2, 0.25) is 0 Å². The second kappa shape index (κ2) is 7.42. The number of carbonyl (C=O) groups excluding carboxylic acids is 1. The molecule has 2 rings (SSSR count). The fourth-order valence-electron chi connectivity index (χ4n) is 2.39. The number of aromatic nitrogens is 2. The van der Waals surface area contributed by atoms with Crippen LogP contribution in [0, 0.1) is 0 Å². The van der Waals surface area contributed by atoms with Gasteiger partial charge >= 0.3 is 6.03 Å². The molecule has 2 amide bonds. The van der Waals surface area contributed by atoms with Crippen LogP contribution in [-0.4, -0.2) is 63.8 Å². The van der Waals surface area contributed by atoms with Crippen molar-refractivity contribution in [1.82, 2.24) is 20.0 Å². The van der Waals surface area contributed by atoms with Crippen molar-refractivity contribution in [3.8, 4) is 0 Å². The zero-order valence-electron chi connectivity index (χ0n) is 12.6. The van der Waals surface area contributed by atoms with Crippen molar-refractivity contribution in [3.05, 3.63) is 18.5 Å². The van der Waals surface area contributed by atoms with E-state index in [-0.39, 0.29) is 18.2 Å². The summed E-state index contributed by atoms with van der Waals surface area (Å²) in [5.74, 6) is 0. The number of aryl methyl sites for hydroxylation is 1. The quantitative estimate of drug-likeness (QED) is 0.747. The molecule has 2 N–H and O–H groups in total. The van der Waals surface area contributed by atoms with Crippen LogP contribution in [0.3, 0.4) is 0 Å². The van der Waals surface area contributed by atoms with Gasteiger partial charge < -0.3 is 20.1 Å². The third kappa shape index (κ3) is 4.71. The van der Waals surface area contributed by atoms with Crippen molar-refractivity contribution in [2.24, 2.45) is 0 Å². The molecule has 0 radical (unpaired) electrons. The predicted octanol–water partition coefficient (Wildman–Crippen LogP) is 0.453. The third-order valence-electron chi connectivity index (χ3n) is 3.37. The number of aliphatic hydroxyl groups is 1. The first kappa shape index (κ1) is 15.8. The van der Waals surface area contributed by atoms with E-state index in [1.807, 2.05) is 30.8 Å². The molecule has 0 aliphatic carbocycles. The number of hydrogen-bond acceptors (Lipinski definition) is 4. The molecule has 0 spiro atoms. The largest absolute Gasteiger partial charge is 0.388 e. The Morgan fingerprint density at radius 3 is 3.00 bits per heavy atom. The Kier molecular flexibility index (Phi) is 5.58. The van der Waals surface area contributed by atoms with Gasteiger partial charge in [-0.15, -0.1) is 0 Å². The van der Waals surface area contributed by atoms with E-state index < -0.39 is 6.10 Å². The van der Waals surface area contributed by atoms with E-state index in [0.717, 1.165) is 13.0 Å². The minimum absolute atomic E-state index is 0.0433. The van der Waals surface area contributed by atoms with Crippen LogP contribution in [0.15, 0.2) is 18.5 Å². The second-order valence-electron chi connectivity index (χ2n) is 5.55. The summed E-state index contributed by atoms with van der Waals surface area (Å²) in [5.41, 5.74) is 0. The van der Waals surface area contributed by atoms with Gasteiger partial charge in [0.05, 0.1) is 25.3 Å². The van der Waals surface area contributed by atoms with Gasteiger partial charge in [-0.3, -0.25) is 4.68 Å². The summed E-state index contributed by atoms with van der Waals surface area (Å²) in [6.45, 7) is 5.96. The first-order valence-corrected chi connectivity index (χ1v) is 7.40. The van der Waals surface area contributed by atoms with Crippen LogP contribution in [0.25, 0.3) is 0 Å². The molecular weight excluding hydrogens is 272 g/mol. The average molecular weight is 296 g/mol. The van der Waals surface area contributed by atoms with Crippen molar-refractivity contribution in [2.75, 3.05) is 19.6 Å². The predicted molar refractivity (Wildman–Crippen MR) is 77.8 cm³/mol. The number of aliphatic hydroxyl groups excluding tert-OH is 1. The highest BCUT2D eigenvalue weighted by molar-refractivity contribution is 5.74. The van der Waals surface area contributed by atoms with Crippen LogP contribution < -0.4 is 5.32 Å². The van der Waals surface area contributed by atoms with Crippen LogP contribution in [0.5, 0.6) is 0 Å². The Balaban J connectivity index is 1.66. The van der Waals surface area contributed by atoms with Crippen LogP contribution in [0.4, 0.5) is 4.79 Å². The molecule has 21 heavy (non-hydrogen) atoms. The summed E-state index contributed by atoms with van der Waals surface area (Å²) in [7, 11) is 0. The Bertz CT molecular complexity index is 435. The molecule has 1 saturated heterocycles. The van der Waals surface area contributed by atoms with E-state index in [4.69, 9.17) is 4.74 Å². The zero-order chi connectivity index (χ0) is 15.2. The van der Waals surface area contributed by atoms with Crippen LogP contribution in [0.2, 0.25) is 0 Å². The fourth-order valence-corrected chi connectivity index (χ4v) is 2.39. The Morgan fingerprint density at radius 1 is 1.52 bits per heavy atom. The Morgan fingerprint density at radius 2 is 2.33 bits per heavy atom. The van der Waals surface area contributed by atoms with Gasteiger partial charge in [0.25, 0.3) is 0 Å². The first-order valence-electron chi connectivity index (χ1n) is 7.40. The Labute approximate surface area is 124 Å². The van der Waals surface area contributed by atoms with Crippen molar-refractivity contribution < 1.29 is 14.6 Å². The molecule has 1 aliphatic rings. The SMILES string of the molecule is CC(C)OC1CN(C(=O)NCCCn2cccn2)CC1O. The minimum Gasteiger partial charge on any atom is -0.388 e. The number of urea groups is 1. The number of rotatable bonds is 6. The monoisotopic (exact) mass is 296 g/mol. The molecule has 2 unspecified atom stereocenters. The number of amides is 2. The maximum Gasteiger partial charge on any atom is 0.317 e. The van der Waals surface area contributed by atoms with Gasteiger partial charge in [-0.1, -0.05) is 0 Å². The number of nitrogens with one attached hydrogen (secondary N) is 1. The maximum absolute atomic E-state index is 12.0. The number of ether oxygens (including phenoxy) is 1. The number of β-amino-alcohol motifs (C(OH)–C–C–N with tert-alkyl or cyclic N) is 1. The molecule has 0 aromatic carbocycles. The molecule has 2 heterocycles. The second-order valence-corrected chi connectivity index (χ2v) is 5.55. The van der Waals surface area contributed by atoms with Crippen molar-refractivity contribution in [1.29, 1.82) is 0 Å². The zero-order valence-corrected chi connectivity index (χ0v) is 12.6. The summed E-state index contributed by atoms with van der Waals surface area (Å²) < 4.78 is 7.43. The molecule has 1 aromatic rings. The average Bonchev–Trinajstić information content (AvgIpc) is 3.05. The van der Waals surface area contributed by atoms with Gasteiger partial charge in [0, 0.05) is 25.5 Å². The lowest BCUT2D eigenvalue weighted by atomic mass is 10.2. The van der Waals surface area contributed by atoms with E-state index in [1.54, 1.807) is 11.1 Å². The number of hydrogen-bond donors (Lipinski definition) is 2. The normalized spacial score (nSPS) is 22.0. The van der Waals surface area contributed by atoms with Gasteiger partial charge in [0.1, 0.15) is 6.10 Å². The third-order valence-corrected chi connectivity index (χ3v) is 3.37. The highest BCUT2D eigenvalue weighted by Gasteiger charge is 2.35. The summed E-state index contributed by atoms with van der Waals surface area (Å²) in [6.07, 6.45) is 3.59. The minimum atomic E-state index is -0.609. The van der Waals surface area contributed by atoms with Crippen molar-refractivity contribution in [2.45, 2.75) is 45.1 Å². The molecule has 1 fully saturated rings. The molecule has 1 aromatic heterocycles. The maximum atomic E-state index is 12.0. The van der Waals surface area contributed by atoms with Crippen LogP contribution in [0.1, 0.15) is 20.3 Å². The lowest BCUT2D eigenvalue weighted by Crippen LogP contribution is -2.40. The van der Waals surface area contributed by atoms with E-state index in [0.29, 0.717) is 19.6 Å². The first-order chi connectivity index (χ1) is 10.1. The number of nitrogens with zero attached hydrogens (tertiary/aromatic N) is 3. The summed E-state index contributed by atoms with van der Waals surface area (Å²) in [6, 6.07) is 1.73. The molecule has 7 nitrogen and oxygen atoms in total. The highest BCUT2D eigenvalue weighted by Crippen LogP contribution is 2.15. The molecule has 1 aliphatic heterocycles. The van der Waals surface area contributed by atoms with Gasteiger partial charge in [0.15, 0.2) is 0 Å². The van der Waals surface area contributed by atoms with E-state index in [1.165, 1.54) is 0 Å². The smallest absolute Gasteiger partial charge is 0.317 e. The highest BCUT2D eigenvalue weighted by atomic mass is 16.5. The fraction of sp³-hybridized carbons (Fsp3) is 0.714. The van der Waals surface area contributed by atoms with Gasteiger partial charge in [-0.2, -0.15) is 5.10 Å². The molecule has 118 valence electrons. The van der Waals surface area contributed by atoms with Crippen molar-refractivity contribution in [3.63, 3.8) is 0 Å². The summed E-state index contributed by atoms with van der Waals surface area (Å²) in [5, 5.41) is 16.9. The molecule has 0 bridgehead atoms. The van der Waals surface area contributed by atoms with Gasteiger partial charge in [-0.25, -0.2) is 4.79 Å². The standard InChI is InChI=1S/C14H24N4O3/c1-11(2)21-13-10-17(9-12(13)19)14(20)15-5-3-7-18-8-4-6-16-18/h4,6,8,11-13,19H,3,5,7,9-10H2,1-2H3,(H,15,20). The van der Waals surface area contributed by atoms with E-state index in [9.17, 15) is 9.90 Å². The lowest BCUT2D eigenvalue weighted by molar-refractivity contribution is -0.0393. The molecule has 7 heteroatoms. The lowest BCUT2D eigenvalue weighted by Gasteiger charge is -2.18. The Hall–Kier alpha value is -1.60. The number of carbonyl (C=O) groups is 1. The van der Waals surface area contributed by atoms with E-state index in [2.05, 4.69) is 10.4 Å². The van der Waals surface area contributed by atoms with Crippen LogP contribution in [-0.2, 0) is 11.3 Å². The molecular formula is C14H24N4O3. The van der Waals surface area contributed by atoms with Crippen LogP contribution >= 0.6 is 0 Å². The van der Waals surface area contributed by atoms with E-state index >= 15 is 0 Å². The van der Waals surface area contributed by atoms with Gasteiger partial charge in [-0.05, 0) is 26.3 Å².